The zero-order valence-electron chi connectivity index (χ0n) is 11.2. The molecule has 0 radical (unpaired) electrons. The first-order chi connectivity index (χ1) is 9.28. The van der Waals surface area contributed by atoms with Crippen LogP contribution in [0.5, 0.6) is 0 Å². The lowest BCUT2D eigenvalue weighted by Crippen LogP contribution is -2.42. The summed E-state index contributed by atoms with van der Waals surface area (Å²) in [6, 6.07) is 11.3. The molecule has 1 fully saturated rings. The lowest BCUT2D eigenvalue weighted by Gasteiger charge is -2.25. The number of hydrogen-bond acceptors (Lipinski definition) is 2. The summed E-state index contributed by atoms with van der Waals surface area (Å²) < 4.78 is 0. The fourth-order valence-corrected chi connectivity index (χ4v) is 2.98. The third kappa shape index (κ3) is 2.62. The highest BCUT2D eigenvalue weighted by Crippen LogP contribution is 2.29. The SMILES string of the molecule is CCc1ccc2cc(C3CNCCN3)cc(Cl)c2c1. The number of rotatable bonds is 2. The molecule has 1 heterocycles. The zero-order chi connectivity index (χ0) is 13.2. The van der Waals surface area contributed by atoms with Crippen molar-refractivity contribution in [1.29, 1.82) is 0 Å². The highest BCUT2D eigenvalue weighted by Gasteiger charge is 2.15. The Labute approximate surface area is 119 Å². The van der Waals surface area contributed by atoms with Gasteiger partial charge in [-0.2, -0.15) is 0 Å². The number of nitrogens with one attached hydrogen (secondary N) is 2. The smallest absolute Gasteiger partial charge is 0.0487 e. The Balaban J connectivity index is 2.03. The van der Waals surface area contributed by atoms with E-state index in [-0.39, 0.29) is 0 Å². The number of halogens is 1. The van der Waals surface area contributed by atoms with Gasteiger partial charge in [-0.3, -0.25) is 0 Å². The van der Waals surface area contributed by atoms with Crippen molar-refractivity contribution in [2.24, 2.45) is 0 Å². The van der Waals surface area contributed by atoms with E-state index in [0.29, 0.717) is 6.04 Å². The van der Waals surface area contributed by atoms with Crippen LogP contribution in [0.4, 0.5) is 0 Å². The maximum absolute atomic E-state index is 6.46. The van der Waals surface area contributed by atoms with Crippen LogP contribution in [0.1, 0.15) is 24.1 Å². The van der Waals surface area contributed by atoms with E-state index in [1.165, 1.54) is 16.5 Å². The van der Waals surface area contributed by atoms with E-state index < -0.39 is 0 Å². The van der Waals surface area contributed by atoms with E-state index in [9.17, 15) is 0 Å². The highest BCUT2D eigenvalue weighted by atomic mass is 35.5. The second-order valence-electron chi connectivity index (χ2n) is 5.12. The Morgan fingerprint density at radius 3 is 2.84 bits per heavy atom. The average Bonchev–Trinajstić information content (AvgIpc) is 2.48. The summed E-state index contributed by atoms with van der Waals surface area (Å²) in [5, 5.41) is 10.2. The maximum Gasteiger partial charge on any atom is 0.0487 e. The van der Waals surface area contributed by atoms with Crippen molar-refractivity contribution in [2.75, 3.05) is 19.6 Å². The number of piperazine rings is 1. The van der Waals surface area contributed by atoms with Gasteiger partial charge in [-0.25, -0.2) is 0 Å². The van der Waals surface area contributed by atoms with Gasteiger partial charge in [-0.1, -0.05) is 30.7 Å². The Hall–Kier alpha value is -1.09. The van der Waals surface area contributed by atoms with Crippen molar-refractivity contribution in [2.45, 2.75) is 19.4 Å². The van der Waals surface area contributed by atoms with Crippen LogP contribution in [0, 0.1) is 0 Å². The molecule has 2 aromatic carbocycles. The number of benzene rings is 2. The van der Waals surface area contributed by atoms with Crippen LogP contribution in [-0.4, -0.2) is 19.6 Å². The summed E-state index contributed by atoms with van der Waals surface area (Å²) in [4.78, 5) is 0. The average molecular weight is 275 g/mol. The standard InChI is InChI=1S/C16H19ClN2/c1-2-11-3-4-12-8-13(9-15(17)14(12)7-11)16-10-18-5-6-19-16/h3-4,7-9,16,18-19H,2,5-6,10H2,1H3. The largest absolute Gasteiger partial charge is 0.314 e. The Bertz CT molecular complexity index is 589. The number of fused-ring (bicyclic) bond motifs is 1. The molecule has 0 spiro atoms. The van der Waals surface area contributed by atoms with E-state index in [1.54, 1.807) is 0 Å². The van der Waals surface area contributed by atoms with Crippen molar-refractivity contribution < 1.29 is 0 Å². The summed E-state index contributed by atoms with van der Waals surface area (Å²) in [6.07, 6.45) is 1.04. The van der Waals surface area contributed by atoms with Crippen molar-refractivity contribution >= 4 is 22.4 Å². The van der Waals surface area contributed by atoms with Crippen molar-refractivity contribution in [3.8, 4) is 0 Å². The molecular weight excluding hydrogens is 256 g/mol. The van der Waals surface area contributed by atoms with Gasteiger partial charge in [0.25, 0.3) is 0 Å². The predicted molar refractivity (Wildman–Crippen MR) is 81.9 cm³/mol. The molecule has 0 saturated carbocycles. The minimum atomic E-state index is 0.363. The van der Waals surface area contributed by atoms with Crippen molar-refractivity contribution in [3.05, 3.63) is 46.5 Å². The van der Waals surface area contributed by atoms with Crippen LogP contribution in [0.15, 0.2) is 30.3 Å². The highest BCUT2D eigenvalue weighted by molar-refractivity contribution is 6.35. The molecule has 0 aliphatic carbocycles. The van der Waals surface area contributed by atoms with Crippen molar-refractivity contribution in [3.63, 3.8) is 0 Å². The van der Waals surface area contributed by atoms with E-state index in [1.807, 2.05) is 0 Å². The molecule has 1 aliphatic heterocycles. The first-order valence-electron chi connectivity index (χ1n) is 6.94. The monoisotopic (exact) mass is 274 g/mol. The predicted octanol–water partition coefficient (Wildman–Crippen LogP) is 3.29. The van der Waals surface area contributed by atoms with E-state index in [4.69, 9.17) is 11.6 Å². The molecule has 1 aliphatic rings. The Morgan fingerprint density at radius 1 is 1.21 bits per heavy atom. The third-order valence-corrected chi connectivity index (χ3v) is 4.15. The maximum atomic E-state index is 6.46. The molecule has 0 bridgehead atoms. The molecule has 100 valence electrons. The summed E-state index contributed by atoms with van der Waals surface area (Å²) in [6.45, 7) is 5.18. The molecule has 3 heteroatoms. The van der Waals surface area contributed by atoms with Gasteiger partial charge in [0.2, 0.25) is 0 Å². The lowest BCUT2D eigenvalue weighted by atomic mass is 9.99. The van der Waals surface area contributed by atoms with Crippen LogP contribution in [0.2, 0.25) is 5.02 Å². The fourth-order valence-electron chi connectivity index (χ4n) is 2.69. The zero-order valence-corrected chi connectivity index (χ0v) is 11.9. The van der Waals surface area contributed by atoms with Crippen LogP contribution in [0.25, 0.3) is 10.8 Å². The quantitative estimate of drug-likeness (QED) is 0.878. The van der Waals surface area contributed by atoms with Crippen LogP contribution in [-0.2, 0) is 6.42 Å². The minimum Gasteiger partial charge on any atom is -0.314 e. The molecule has 1 unspecified atom stereocenters. The Morgan fingerprint density at radius 2 is 2.11 bits per heavy atom. The molecule has 2 nitrogen and oxygen atoms in total. The Kier molecular flexibility index (Phi) is 3.74. The second kappa shape index (κ2) is 5.49. The van der Waals surface area contributed by atoms with Gasteiger partial charge in [0.1, 0.15) is 0 Å². The molecule has 3 rings (SSSR count). The van der Waals surface area contributed by atoms with E-state index >= 15 is 0 Å². The molecule has 1 atom stereocenters. The van der Waals surface area contributed by atoms with Crippen LogP contribution < -0.4 is 10.6 Å². The van der Waals surface area contributed by atoms with E-state index in [2.05, 4.69) is 47.9 Å². The molecule has 19 heavy (non-hydrogen) atoms. The van der Waals surface area contributed by atoms with Gasteiger partial charge in [-0.05, 0) is 41.1 Å². The van der Waals surface area contributed by atoms with Gasteiger partial charge < -0.3 is 10.6 Å². The normalized spacial score (nSPS) is 19.8. The van der Waals surface area contributed by atoms with Gasteiger partial charge in [0, 0.05) is 36.1 Å². The molecule has 0 amide bonds. The second-order valence-corrected chi connectivity index (χ2v) is 5.53. The first-order valence-corrected chi connectivity index (χ1v) is 7.32. The number of hydrogen-bond donors (Lipinski definition) is 2. The van der Waals surface area contributed by atoms with Crippen LogP contribution >= 0.6 is 11.6 Å². The van der Waals surface area contributed by atoms with E-state index in [0.717, 1.165) is 36.5 Å². The first kappa shape index (κ1) is 12.9. The summed E-state index contributed by atoms with van der Waals surface area (Å²) in [5.74, 6) is 0. The fraction of sp³-hybridized carbons (Fsp3) is 0.375. The van der Waals surface area contributed by atoms with Crippen LogP contribution in [0.3, 0.4) is 0 Å². The number of aryl methyl sites for hydroxylation is 1. The lowest BCUT2D eigenvalue weighted by molar-refractivity contribution is 0.430. The molecular formula is C16H19ClN2. The van der Waals surface area contributed by atoms with Gasteiger partial charge in [0.05, 0.1) is 0 Å². The summed E-state index contributed by atoms with van der Waals surface area (Å²) in [7, 11) is 0. The topological polar surface area (TPSA) is 24.1 Å². The molecule has 2 aromatic rings. The van der Waals surface area contributed by atoms with Crippen molar-refractivity contribution in [1.82, 2.24) is 10.6 Å². The molecule has 0 aromatic heterocycles. The molecule has 1 saturated heterocycles. The summed E-state index contributed by atoms with van der Waals surface area (Å²) >= 11 is 6.46. The van der Waals surface area contributed by atoms with Gasteiger partial charge in [-0.15, -0.1) is 0 Å². The van der Waals surface area contributed by atoms with Gasteiger partial charge >= 0.3 is 0 Å². The van der Waals surface area contributed by atoms with Gasteiger partial charge in [0.15, 0.2) is 0 Å². The molecule has 2 N–H and O–H groups in total. The third-order valence-electron chi connectivity index (χ3n) is 3.84. The minimum absolute atomic E-state index is 0.363. The summed E-state index contributed by atoms with van der Waals surface area (Å²) in [5.41, 5.74) is 2.61.